The van der Waals surface area contributed by atoms with E-state index in [-0.39, 0.29) is 0 Å². The summed E-state index contributed by atoms with van der Waals surface area (Å²) in [6.07, 6.45) is 0. The first kappa shape index (κ1) is 10.2. The number of rotatable bonds is 3. The number of nitrogens with one attached hydrogen (secondary N) is 1. The summed E-state index contributed by atoms with van der Waals surface area (Å²) in [5.41, 5.74) is 0.897. The Balaban J connectivity index is 1.90. The van der Waals surface area contributed by atoms with Gasteiger partial charge in [0.25, 0.3) is 0 Å². The molecule has 0 spiro atoms. The van der Waals surface area contributed by atoms with Crippen molar-refractivity contribution >= 4 is 11.3 Å². The van der Waals surface area contributed by atoms with Crippen molar-refractivity contribution in [3.8, 4) is 0 Å². The van der Waals surface area contributed by atoms with E-state index in [1.807, 2.05) is 11.3 Å². The summed E-state index contributed by atoms with van der Waals surface area (Å²) < 4.78 is 0. The normalized spacial score (nSPS) is 23.7. The van der Waals surface area contributed by atoms with Crippen LogP contribution in [0.25, 0.3) is 0 Å². The van der Waals surface area contributed by atoms with E-state index in [1.54, 1.807) is 0 Å². The molecule has 78 valence electrons. The van der Waals surface area contributed by atoms with Crippen molar-refractivity contribution in [2.75, 3.05) is 0 Å². The first-order valence-corrected chi connectivity index (χ1v) is 6.10. The Morgan fingerprint density at radius 1 is 1.29 bits per heavy atom. The van der Waals surface area contributed by atoms with Crippen molar-refractivity contribution in [3.63, 3.8) is 0 Å². The smallest absolute Gasteiger partial charge is 0.0302 e. The van der Waals surface area contributed by atoms with Crippen molar-refractivity contribution in [1.82, 2.24) is 5.32 Å². The van der Waals surface area contributed by atoms with Gasteiger partial charge in [0.2, 0.25) is 0 Å². The molecule has 0 aliphatic heterocycles. The van der Waals surface area contributed by atoms with Crippen molar-refractivity contribution in [1.29, 1.82) is 0 Å². The predicted octanol–water partition coefficient (Wildman–Crippen LogP) is 3.27. The minimum absolute atomic E-state index is 0.449. The third-order valence-electron chi connectivity index (χ3n) is 4.08. The third-order valence-corrected chi connectivity index (χ3v) is 4.96. The van der Waals surface area contributed by atoms with Crippen molar-refractivity contribution < 1.29 is 0 Å². The van der Waals surface area contributed by atoms with Gasteiger partial charge in [-0.05, 0) is 22.3 Å². The van der Waals surface area contributed by atoms with Gasteiger partial charge in [-0.25, -0.2) is 0 Å². The highest BCUT2D eigenvalue weighted by atomic mass is 32.1. The topological polar surface area (TPSA) is 12.0 Å². The van der Waals surface area contributed by atoms with Crippen LogP contribution in [0.5, 0.6) is 0 Å². The molecule has 0 radical (unpaired) electrons. The van der Waals surface area contributed by atoms with E-state index >= 15 is 0 Å². The lowest BCUT2D eigenvalue weighted by atomic mass is 10.0. The molecule has 1 fully saturated rings. The Hall–Kier alpha value is -0.340. The molecule has 14 heavy (non-hydrogen) atoms. The SMILES string of the molecule is CC1(C)C(NCc2cccs2)C1(C)C. The van der Waals surface area contributed by atoms with Gasteiger partial charge in [-0.2, -0.15) is 0 Å². The highest BCUT2D eigenvalue weighted by Gasteiger charge is 2.64. The summed E-state index contributed by atoms with van der Waals surface area (Å²) >= 11 is 1.83. The Morgan fingerprint density at radius 2 is 1.93 bits per heavy atom. The summed E-state index contributed by atoms with van der Waals surface area (Å²) in [5.74, 6) is 0. The Bertz CT molecular complexity index is 297. The number of hydrogen-bond acceptors (Lipinski definition) is 2. The maximum Gasteiger partial charge on any atom is 0.0302 e. The van der Waals surface area contributed by atoms with E-state index in [2.05, 4.69) is 50.5 Å². The molecule has 0 aromatic carbocycles. The van der Waals surface area contributed by atoms with Gasteiger partial charge in [0, 0.05) is 17.5 Å². The molecule has 0 atom stereocenters. The summed E-state index contributed by atoms with van der Waals surface area (Å²) in [6.45, 7) is 10.4. The van der Waals surface area contributed by atoms with Crippen LogP contribution >= 0.6 is 11.3 Å². The maximum absolute atomic E-state index is 3.65. The first-order valence-electron chi connectivity index (χ1n) is 5.22. The highest BCUT2D eigenvalue weighted by Crippen LogP contribution is 2.62. The third kappa shape index (κ3) is 1.41. The summed E-state index contributed by atoms with van der Waals surface area (Å²) in [5, 5.41) is 5.79. The number of thiophene rings is 1. The van der Waals surface area contributed by atoms with Gasteiger partial charge in [-0.15, -0.1) is 11.3 Å². The molecular weight excluding hydrogens is 190 g/mol. The van der Waals surface area contributed by atoms with Gasteiger partial charge in [0.05, 0.1) is 0 Å². The van der Waals surface area contributed by atoms with Gasteiger partial charge >= 0.3 is 0 Å². The molecule has 1 heterocycles. The minimum atomic E-state index is 0.449. The van der Waals surface area contributed by atoms with Crippen molar-refractivity contribution in [3.05, 3.63) is 22.4 Å². The Labute approximate surface area is 90.5 Å². The fourth-order valence-corrected chi connectivity index (χ4v) is 2.98. The average molecular weight is 209 g/mol. The minimum Gasteiger partial charge on any atom is -0.308 e. The van der Waals surface area contributed by atoms with Crippen LogP contribution in [0.2, 0.25) is 0 Å². The zero-order valence-corrected chi connectivity index (χ0v) is 10.2. The molecule has 0 bridgehead atoms. The highest BCUT2D eigenvalue weighted by molar-refractivity contribution is 7.09. The van der Waals surface area contributed by atoms with Crippen LogP contribution in [0.15, 0.2) is 17.5 Å². The molecule has 1 aliphatic rings. The van der Waals surface area contributed by atoms with E-state index < -0.39 is 0 Å². The van der Waals surface area contributed by atoms with Crippen molar-refractivity contribution in [2.45, 2.75) is 40.3 Å². The fraction of sp³-hybridized carbons (Fsp3) is 0.667. The largest absolute Gasteiger partial charge is 0.308 e. The second kappa shape index (κ2) is 3.07. The van der Waals surface area contributed by atoms with Gasteiger partial charge in [0.15, 0.2) is 0 Å². The van der Waals surface area contributed by atoms with E-state index in [0.717, 1.165) is 6.54 Å². The molecule has 0 saturated heterocycles. The molecule has 2 heteroatoms. The van der Waals surface area contributed by atoms with Gasteiger partial charge in [-0.3, -0.25) is 0 Å². The van der Waals surface area contributed by atoms with Crippen LogP contribution in [0.1, 0.15) is 32.6 Å². The van der Waals surface area contributed by atoms with Crippen LogP contribution in [-0.4, -0.2) is 6.04 Å². The number of hydrogen-bond donors (Lipinski definition) is 1. The first-order chi connectivity index (χ1) is 6.46. The maximum atomic E-state index is 3.65. The second-order valence-electron chi connectivity index (χ2n) is 5.34. The van der Waals surface area contributed by atoms with Gasteiger partial charge in [0.1, 0.15) is 0 Å². The fourth-order valence-electron chi connectivity index (χ4n) is 2.32. The van der Waals surface area contributed by atoms with E-state index in [1.165, 1.54) is 4.88 Å². The zero-order chi connectivity index (χ0) is 10.4. The van der Waals surface area contributed by atoms with Crippen LogP contribution in [0.4, 0.5) is 0 Å². The lowest BCUT2D eigenvalue weighted by Crippen LogP contribution is -2.21. The van der Waals surface area contributed by atoms with E-state index in [4.69, 9.17) is 0 Å². The molecule has 1 saturated carbocycles. The standard InChI is InChI=1S/C12H19NS/c1-11(2)10(12(11,3)4)13-8-9-6-5-7-14-9/h5-7,10,13H,8H2,1-4H3. The van der Waals surface area contributed by atoms with Gasteiger partial charge < -0.3 is 5.32 Å². The predicted molar refractivity (Wildman–Crippen MR) is 62.5 cm³/mol. The molecule has 2 rings (SSSR count). The van der Waals surface area contributed by atoms with Crippen molar-refractivity contribution in [2.24, 2.45) is 10.8 Å². The average Bonchev–Trinajstić information content (AvgIpc) is 2.54. The molecule has 1 aromatic rings. The lowest BCUT2D eigenvalue weighted by molar-refractivity contribution is 0.457. The quantitative estimate of drug-likeness (QED) is 0.805. The molecule has 1 aliphatic carbocycles. The Kier molecular flexibility index (Phi) is 2.24. The molecule has 1 nitrogen and oxygen atoms in total. The molecule has 0 amide bonds. The van der Waals surface area contributed by atoms with E-state index in [9.17, 15) is 0 Å². The Morgan fingerprint density at radius 3 is 2.36 bits per heavy atom. The molecule has 1 aromatic heterocycles. The molecule has 1 N–H and O–H groups in total. The molecule has 0 unspecified atom stereocenters. The zero-order valence-electron chi connectivity index (χ0n) is 9.42. The van der Waals surface area contributed by atoms with E-state index in [0.29, 0.717) is 16.9 Å². The van der Waals surface area contributed by atoms with Crippen LogP contribution < -0.4 is 5.32 Å². The second-order valence-corrected chi connectivity index (χ2v) is 6.37. The molecular formula is C12H19NS. The summed E-state index contributed by atoms with van der Waals surface area (Å²) in [4.78, 5) is 1.43. The van der Waals surface area contributed by atoms with Crippen LogP contribution in [-0.2, 0) is 6.54 Å². The monoisotopic (exact) mass is 209 g/mol. The summed E-state index contributed by atoms with van der Waals surface area (Å²) in [7, 11) is 0. The lowest BCUT2D eigenvalue weighted by Gasteiger charge is -2.03. The summed E-state index contributed by atoms with van der Waals surface area (Å²) in [6, 6.07) is 4.97. The van der Waals surface area contributed by atoms with Crippen LogP contribution in [0, 0.1) is 10.8 Å². The van der Waals surface area contributed by atoms with Crippen LogP contribution in [0.3, 0.4) is 0 Å². The van der Waals surface area contributed by atoms with Gasteiger partial charge in [-0.1, -0.05) is 33.8 Å².